The van der Waals surface area contributed by atoms with Crippen LogP contribution in [0, 0.1) is 0 Å². The molecule has 0 aromatic heterocycles. The van der Waals surface area contributed by atoms with E-state index in [1.54, 1.807) is 0 Å². The Morgan fingerprint density at radius 3 is 2.50 bits per heavy atom. The van der Waals surface area contributed by atoms with E-state index >= 15 is 0 Å². The lowest BCUT2D eigenvalue weighted by molar-refractivity contribution is -0.0684. The van der Waals surface area contributed by atoms with Crippen molar-refractivity contribution in [2.75, 3.05) is 26.6 Å². The van der Waals surface area contributed by atoms with Gasteiger partial charge in [-0.3, -0.25) is 0 Å². The van der Waals surface area contributed by atoms with Crippen molar-refractivity contribution in [3.8, 4) is 0 Å². The summed E-state index contributed by atoms with van der Waals surface area (Å²) < 4.78 is 9.81. The lowest BCUT2D eigenvalue weighted by Gasteiger charge is -2.01. The molecule has 0 heterocycles. The number of unbranched alkanes of at least 4 members (excludes halogenated alkanes) is 1. The van der Waals surface area contributed by atoms with E-state index in [4.69, 9.17) is 9.47 Å². The molecule has 0 rings (SSSR count). The van der Waals surface area contributed by atoms with Crippen LogP contribution in [0.2, 0.25) is 0 Å². The van der Waals surface area contributed by atoms with Gasteiger partial charge in [0.05, 0.1) is 6.61 Å². The van der Waals surface area contributed by atoms with Crippen LogP contribution in [0.1, 0.15) is 19.8 Å². The van der Waals surface area contributed by atoms with Crippen molar-refractivity contribution in [2.45, 2.75) is 19.8 Å². The Bertz CT molecular complexity index is 48.8. The Morgan fingerprint density at radius 2 is 1.90 bits per heavy atom. The van der Waals surface area contributed by atoms with E-state index in [1.165, 1.54) is 0 Å². The second-order valence-corrected chi connectivity index (χ2v) is 1.99. The van der Waals surface area contributed by atoms with Gasteiger partial charge in [0.15, 0.2) is 0 Å². The first-order valence-corrected chi connectivity index (χ1v) is 3.65. The summed E-state index contributed by atoms with van der Waals surface area (Å²) in [4.78, 5) is 0. The third-order valence-corrected chi connectivity index (χ3v) is 1.04. The van der Waals surface area contributed by atoms with Gasteiger partial charge in [-0.25, -0.2) is 5.11 Å². The zero-order valence-corrected chi connectivity index (χ0v) is 6.47. The van der Waals surface area contributed by atoms with Crippen LogP contribution >= 0.6 is 0 Å². The highest BCUT2D eigenvalue weighted by molar-refractivity contribution is 4.28. The second kappa shape index (κ2) is 8.88. The Morgan fingerprint density at radius 1 is 1.20 bits per heavy atom. The van der Waals surface area contributed by atoms with Crippen molar-refractivity contribution in [1.29, 1.82) is 0 Å². The first-order valence-electron chi connectivity index (χ1n) is 3.65. The van der Waals surface area contributed by atoms with E-state index < -0.39 is 0 Å². The van der Waals surface area contributed by atoms with E-state index in [2.05, 4.69) is 6.92 Å². The van der Waals surface area contributed by atoms with Gasteiger partial charge < -0.3 is 9.47 Å². The van der Waals surface area contributed by atoms with Gasteiger partial charge in [-0.05, 0) is 6.42 Å². The molecule has 0 aliphatic rings. The molecule has 0 aliphatic heterocycles. The normalized spacial score (nSPS) is 10.2. The zero-order valence-electron chi connectivity index (χ0n) is 6.47. The molecule has 0 atom stereocenters. The van der Waals surface area contributed by atoms with E-state index in [9.17, 15) is 5.11 Å². The number of rotatable bonds is 7. The molecule has 61 valence electrons. The molecule has 0 bridgehead atoms. The summed E-state index contributed by atoms with van der Waals surface area (Å²) in [6.45, 7) is 3.17. The Balaban J connectivity index is 2.65. The fourth-order valence-electron chi connectivity index (χ4n) is 0.482. The van der Waals surface area contributed by atoms with E-state index in [-0.39, 0.29) is 20.0 Å². The fraction of sp³-hybridized carbons (Fsp3) is 1.00. The van der Waals surface area contributed by atoms with Crippen LogP contribution in [0.25, 0.3) is 0 Å². The van der Waals surface area contributed by atoms with Crippen LogP contribution in [0.3, 0.4) is 0 Å². The molecule has 0 amide bonds. The van der Waals surface area contributed by atoms with Gasteiger partial charge in [0, 0.05) is 6.61 Å². The summed E-state index contributed by atoms with van der Waals surface area (Å²) in [5, 5.41) is 9.84. The predicted molar refractivity (Wildman–Crippen MR) is 37.2 cm³/mol. The van der Waals surface area contributed by atoms with Crippen molar-refractivity contribution in [3.63, 3.8) is 0 Å². The summed E-state index contributed by atoms with van der Waals surface area (Å²) in [5.41, 5.74) is 0. The molecule has 0 fully saturated rings. The largest absolute Gasteiger partial charge is 0.355 e. The molecular weight excluding hydrogens is 132 g/mol. The maximum atomic E-state index is 9.84. The maximum Gasteiger partial charge on any atom is 0.146 e. The monoisotopic (exact) mass is 147 g/mol. The average Bonchev–Trinajstić information content (AvgIpc) is 1.97. The van der Waals surface area contributed by atoms with Crippen molar-refractivity contribution < 1.29 is 14.6 Å². The zero-order chi connectivity index (χ0) is 7.66. The van der Waals surface area contributed by atoms with E-state index in [0.29, 0.717) is 0 Å². The van der Waals surface area contributed by atoms with Crippen LogP contribution in [0.5, 0.6) is 0 Å². The maximum absolute atomic E-state index is 9.84. The summed E-state index contributed by atoms with van der Waals surface area (Å²) in [6, 6.07) is 0. The predicted octanol–water partition coefficient (Wildman–Crippen LogP) is 1.21. The highest BCUT2D eigenvalue weighted by Crippen LogP contribution is 1.87. The third-order valence-electron chi connectivity index (χ3n) is 1.04. The first-order chi connectivity index (χ1) is 4.91. The third kappa shape index (κ3) is 7.88. The summed E-state index contributed by atoms with van der Waals surface area (Å²) in [6.07, 6.45) is 2.18. The molecule has 0 saturated carbocycles. The molecule has 0 N–H and O–H groups in total. The minimum atomic E-state index is -0.183. The molecule has 3 nitrogen and oxygen atoms in total. The van der Waals surface area contributed by atoms with Crippen LogP contribution in [0.4, 0.5) is 0 Å². The highest BCUT2D eigenvalue weighted by atomic mass is 16.7. The van der Waals surface area contributed by atoms with Crippen LogP contribution < -0.4 is 0 Å². The van der Waals surface area contributed by atoms with E-state index in [1.807, 2.05) is 0 Å². The van der Waals surface area contributed by atoms with Crippen LogP contribution in [-0.4, -0.2) is 26.6 Å². The smallest absolute Gasteiger partial charge is 0.146 e. The van der Waals surface area contributed by atoms with Crippen molar-refractivity contribution in [3.05, 3.63) is 0 Å². The summed E-state index contributed by atoms with van der Waals surface area (Å²) in [5.74, 6) is 0. The van der Waals surface area contributed by atoms with Crippen molar-refractivity contribution >= 4 is 0 Å². The van der Waals surface area contributed by atoms with Gasteiger partial charge in [-0.15, -0.1) is 0 Å². The number of hydrogen-bond donors (Lipinski definition) is 0. The molecule has 0 aromatic rings. The van der Waals surface area contributed by atoms with Gasteiger partial charge >= 0.3 is 0 Å². The minimum Gasteiger partial charge on any atom is -0.355 e. The average molecular weight is 147 g/mol. The first kappa shape index (κ1) is 9.88. The molecule has 3 heteroatoms. The van der Waals surface area contributed by atoms with Crippen LogP contribution in [-0.2, 0) is 14.6 Å². The SMILES string of the molecule is CCCCOCOCC[O]. The molecule has 0 spiro atoms. The quantitative estimate of drug-likeness (QED) is 0.401. The van der Waals surface area contributed by atoms with E-state index in [0.717, 1.165) is 19.4 Å². The topological polar surface area (TPSA) is 38.4 Å². The lowest BCUT2D eigenvalue weighted by atomic mass is 10.4. The second-order valence-electron chi connectivity index (χ2n) is 1.99. The van der Waals surface area contributed by atoms with Gasteiger partial charge in [0.2, 0.25) is 0 Å². The molecule has 0 aliphatic carbocycles. The Hall–Kier alpha value is -0.120. The highest BCUT2D eigenvalue weighted by Gasteiger charge is 1.86. The molecule has 0 unspecified atom stereocenters. The lowest BCUT2D eigenvalue weighted by Crippen LogP contribution is -2.04. The van der Waals surface area contributed by atoms with Crippen molar-refractivity contribution in [1.82, 2.24) is 0 Å². The molecule has 0 saturated heterocycles. The van der Waals surface area contributed by atoms with Gasteiger partial charge in [-0.1, -0.05) is 13.3 Å². The molecule has 10 heavy (non-hydrogen) atoms. The minimum absolute atomic E-state index is 0.183. The Labute approximate surface area is 62.0 Å². The molecule has 0 aromatic carbocycles. The summed E-state index contributed by atoms with van der Waals surface area (Å²) >= 11 is 0. The molecule has 1 radical (unpaired) electrons. The fourth-order valence-corrected chi connectivity index (χ4v) is 0.482. The number of ether oxygens (including phenoxy) is 2. The van der Waals surface area contributed by atoms with Crippen LogP contribution in [0.15, 0.2) is 0 Å². The standard InChI is InChI=1S/C7H15O3/c1-2-3-5-9-7-10-6-4-8/h2-7H2,1H3. The number of hydrogen-bond acceptors (Lipinski definition) is 2. The Kier molecular flexibility index (Phi) is 8.77. The molecular formula is C7H15O3. The van der Waals surface area contributed by atoms with Gasteiger partial charge in [0.25, 0.3) is 0 Å². The summed E-state index contributed by atoms with van der Waals surface area (Å²) in [7, 11) is 0. The van der Waals surface area contributed by atoms with Gasteiger partial charge in [0.1, 0.15) is 13.4 Å². The van der Waals surface area contributed by atoms with Crippen molar-refractivity contribution in [2.24, 2.45) is 0 Å². The van der Waals surface area contributed by atoms with Gasteiger partial charge in [-0.2, -0.15) is 0 Å².